The molecule has 1 aromatic rings. The first kappa shape index (κ1) is 13.1. The fourth-order valence-electron chi connectivity index (χ4n) is 2.41. The lowest BCUT2D eigenvalue weighted by molar-refractivity contribution is 0.232. The summed E-state index contributed by atoms with van der Waals surface area (Å²) in [6.45, 7) is 4.11. The van der Waals surface area contributed by atoms with Gasteiger partial charge in [0.2, 0.25) is 0 Å². The Hall–Kier alpha value is -0.380. The molecule has 2 nitrogen and oxygen atoms in total. The van der Waals surface area contributed by atoms with Crippen LogP contribution in [0.1, 0.15) is 25.3 Å². The molecule has 1 unspecified atom stereocenters. The molecule has 0 bridgehead atoms. The summed E-state index contributed by atoms with van der Waals surface area (Å²) in [5.74, 6) is 0.731. The van der Waals surface area contributed by atoms with E-state index in [1.54, 1.807) is 0 Å². The normalized spacial score (nSPS) is 19.4. The fraction of sp³-hybridized carbons (Fsp3) is 0.571. The van der Waals surface area contributed by atoms with Gasteiger partial charge in [-0.2, -0.15) is 0 Å². The van der Waals surface area contributed by atoms with Gasteiger partial charge in [-0.25, -0.2) is 0 Å². The molecule has 1 atom stereocenters. The topological polar surface area (TPSA) is 29.3 Å². The molecule has 0 aromatic heterocycles. The molecule has 1 aliphatic carbocycles. The Balaban J connectivity index is 1.88. The maximum Gasteiger partial charge on any atom is 0.0283 e. The third-order valence-corrected chi connectivity index (χ3v) is 4.01. The predicted molar refractivity (Wildman–Crippen MR) is 75.8 cm³/mol. The average molecular weight is 297 g/mol. The zero-order valence-electron chi connectivity index (χ0n) is 10.6. The van der Waals surface area contributed by atoms with Gasteiger partial charge in [-0.15, -0.1) is 0 Å². The first-order chi connectivity index (χ1) is 7.97. The number of benzene rings is 1. The molecule has 0 aliphatic heterocycles. The second-order valence-electron chi connectivity index (χ2n) is 5.58. The van der Waals surface area contributed by atoms with Crippen LogP contribution in [0.3, 0.4) is 0 Å². The van der Waals surface area contributed by atoms with Gasteiger partial charge in [0.15, 0.2) is 0 Å². The second kappa shape index (κ2) is 5.09. The van der Waals surface area contributed by atoms with Crippen molar-refractivity contribution < 1.29 is 0 Å². The molecule has 1 aromatic carbocycles. The van der Waals surface area contributed by atoms with Gasteiger partial charge in [0.25, 0.3) is 0 Å². The zero-order valence-corrected chi connectivity index (χ0v) is 12.2. The molecule has 1 fully saturated rings. The van der Waals surface area contributed by atoms with Gasteiger partial charge in [-0.1, -0.05) is 28.1 Å². The van der Waals surface area contributed by atoms with Crippen LogP contribution in [0.2, 0.25) is 0 Å². The molecule has 1 aliphatic rings. The van der Waals surface area contributed by atoms with E-state index in [9.17, 15) is 0 Å². The number of hydrogen-bond acceptors (Lipinski definition) is 2. The van der Waals surface area contributed by atoms with Crippen LogP contribution in [-0.2, 0) is 6.54 Å². The average Bonchev–Trinajstić information content (AvgIpc) is 3.04. The van der Waals surface area contributed by atoms with Gasteiger partial charge in [-0.3, -0.25) is 0 Å². The lowest BCUT2D eigenvalue weighted by Gasteiger charge is -2.30. The zero-order chi connectivity index (χ0) is 12.5. The van der Waals surface area contributed by atoms with Crippen molar-refractivity contribution in [3.05, 3.63) is 34.3 Å². The van der Waals surface area contributed by atoms with Crippen molar-refractivity contribution in [3.8, 4) is 0 Å². The van der Waals surface area contributed by atoms with Crippen molar-refractivity contribution >= 4 is 15.9 Å². The van der Waals surface area contributed by atoms with Crippen LogP contribution in [0.5, 0.6) is 0 Å². The fourth-order valence-corrected chi connectivity index (χ4v) is 2.68. The van der Waals surface area contributed by atoms with Gasteiger partial charge < -0.3 is 10.6 Å². The molecule has 0 radical (unpaired) electrons. The van der Waals surface area contributed by atoms with E-state index in [-0.39, 0.29) is 5.54 Å². The maximum absolute atomic E-state index is 6.35. The van der Waals surface area contributed by atoms with Crippen molar-refractivity contribution in [3.63, 3.8) is 0 Å². The molecular formula is C14H21BrN2. The van der Waals surface area contributed by atoms with Crippen LogP contribution < -0.4 is 5.73 Å². The van der Waals surface area contributed by atoms with Crippen molar-refractivity contribution in [1.82, 2.24) is 4.90 Å². The summed E-state index contributed by atoms with van der Waals surface area (Å²) in [4.78, 5) is 2.32. The number of nitrogens with zero attached hydrogens (tertiary/aromatic N) is 1. The summed E-state index contributed by atoms with van der Waals surface area (Å²) in [5, 5.41) is 0. The lowest BCUT2D eigenvalue weighted by atomic mass is 9.96. The SMILES string of the molecule is CN(Cc1ccc(Br)cc1)CC(C)(N)C1CC1. The Morgan fingerprint density at radius 2 is 1.94 bits per heavy atom. The van der Waals surface area contributed by atoms with Gasteiger partial charge in [-0.05, 0) is 50.4 Å². The van der Waals surface area contributed by atoms with E-state index in [0.29, 0.717) is 0 Å². The highest BCUT2D eigenvalue weighted by atomic mass is 79.9. The van der Waals surface area contributed by atoms with E-state index in [0.717, 1.165) is 23.5 Å². The minimum Gasteiger partial charge on any atom is -0.324 e. The van der Waals surface area contributed by atoms with Gasteiger partial charge in [0, 0.05) is 23.1 Å². The number of rotatable bonds is 5. The first-order valence-electron chi connectivity index (χ1n) is 6.19. The summed E-state index contributed by atoms with van der Waals surface area (Å²) in [7, 11) is 2.15. The van der Waals surface area contributed by atoms with Crippen LogP contribution in [-0.4, -0.2) is 24.0 Å². The highest BCUT2D eigenvalue weighted by Crippen LogP contribution is 2.38. The third kappa shape index (κ3) is 3.80. The van der Waals surface area contributed by atoms with Gasteiger partial charge in [0.1, 0.15) is 0 Å². The molecule has 17 heavy (non-hydrogen) atoms. The van der Waals surface area contributed by atoms with Crippen molar-refractivity contribution in [1.29, 1.82) is 0 Å². The standard InChI is InChI=1S/C14H21BrN2/c1-14(16,12-5-6-12)10-17(2)9-11-3-7-13(15)8-4-11/h3-4,7-8,12H,5-6,9-10,16H2,1-2H3. The van der Waals surface area contributed by atoms with E-state index in [4.69, 9.17) is 5.73 Å². The minimum atomic E-state index is -0.0237. The van der Waals surface area contributed by atoms with Crippen LogP contribution in [0.4, 0.5) is 0 Å². The van der Waals surface area contributed by atoms with Crippen LogP contribution in [0.25, 0.3) is 0 Å². The van der Waals surface area contributed by atoms with Crippen molar-refractivity contribution in [2.24, 2.45) is 11.7 Å². The molecule has 94 valence electrons. The molecule has 0 amide bonds. The molecule has 0 heterocycles. The molecule has 0 spiro atoms. The summed E-state index contributed by atoms with van der Waals surface area (Å²) >= 11 is 3.45. The summed E-state index contributed by atoms with van der Waals surface area (Å²) < 4.78 is 1.13. The van der Waals surface area contributed by atoms with E-state index < -0.39 is 0 Å². The van der Waals surface area contributed by atoms with Gasteiger partial charge >= 0.3 is 0 Å². The lowest BCUT2D eigenvalue weighted by Crippen LogP contribution is -2.48. The van der Waals surface area contributed by atoms with Crippen molar-refractivity contribution in [2.75, 3.05) is 13.6 Å². The Kier molecular flexibility index (Phi) is 3.91. The Bertz CT molecular complexity index is 368. The smallest absolute Gasteiger partial charge is 0.0283 e. The summed E-state index contributed by atoms with van der Waals surface area (Å²) in [6.07, 6.45) is 2.61. The number of hydrogen-bond donors (Lipinski definition) is 1. The Morgan fingerprint density at radius 3 is 2.47 bits per heavy atom. The number of likely N-dealkylation sites (N-methyl/N-ethyl adjacent to an activating group) is 1. The third-order valence-electron chi connectivity index (χ3n) is 3.49. The number of halogens is 1. The monoisotopic (exact) mass is 296 g/mol. The highest BCUT2D eigenvalue weighted by molar-refractivity contribution is 9.10. The molecule has 0 saturated heterocycles. The van der Waals surface area contributed by atoms with E-state index in [1.807, 2.05) is 0 Å². The van der Waals surface area contributed by atoms with E-state index in [2.05, 4.69) is 59.1 Å². The second-order valence-corrected chi connectivity index (χ2v) is 6.49. The maximum atomic E-state index is 6.35. The minimum absolute atomic E-state index is 0.0237. The molecule has 2 N–H and O–H groups in total. The molecule has 3 heteroatoms. The summed E-state index contributed by atoms with van der Waals surface area (Å²) in [6, 6.07) is 8.49. The van der Waals surface area contributed by atoms with Gasteiger partial charge in [0.05, 0.1) is 0 Å². The van der Waals surface area contributed by atoms with Crippen LogP contribution >= 0.6 is 15.9 Å². The first-order valence-corrected chi connectivity index (χ1v) is 6.98. The van der Waals surface area contributed by atoms with Crippen LogP contribution in [0, 0.1) is 5.92 Å². The highest BCUT2D eigenvalue weighted by Gasteiger charge is 2.38. The molecule has 2 rings (SSSR count). The summed E-state index contributed by atoms with van der Waals surface area (Å²) in [5.41, 5.74) is 7.66. The van der Waals surface area contributed by atoms with E-state index in [1.165, 1.54) is 18.4 Å². The Labute approximate surface area is 112 Å². The predicted octanol–water partition coefficient (Wildman–Crippen LogP) is 3.01. The molecular weight excluding hydrogens is 276 g/mol. The quantitative estimate of drug-likeness (QED) is 0.905. The van der Waals surface area contributed by atoms with Crippen molar-refractivity contribution in [2.45, 2.75) is 31.8 Å². The largest absolute Gasteiger partial charge is 0.324 e. The molecule has 1 saturated carbocycles. The van der Waals surface area contributed by atoms with Crippen LogP contribution in [0.15, 0.2) is 28.7 Å². The van der Waals surface area contributed by atoms with E-state index >= 15 is 0 Å². The number of nitrogens with two attached hydrogens (primary N) is 1. The Morgan fingerprint density at radius 1 is 1.35 bits per heavy atom.